The van der Waals surface area contributed by atoms with Gasteiger partial charge in [-0.15, -0.1) is 11.8 Å². The number of piperazine rings is 3. The molecule has 28 nitrogen and oxygen atoms in total. The highest BCUT2D eigenvalue weighted by Crippen LogP contribution is 2.48. The van der Waals surface area contributed by atoms with Crippen LogP contribution in [0.5, 0.6) is 23.0 Å². The number of allylic oxidation sites excluding steroid dienone is 2. The molecule has 33 heteroatoms. The number of thioether (sulfide) groups is 1. The Morgan fingerprint density at radius 1 is 0.546 bits per heavy atom. The number of aromatic nitrogens is 4. The molecule has 10 aromatic rings. The normalized spacial score (nSPS) is 19.7. The first-order valence-corrected chi connectivity index (χ1v) is 49.8. The predicted molar refractivity (Wildman–Crippen MR) is 512 cm³/mol. The zero-order valence-corrected chi connectivity index (χ0v) is 78.1. The van der Waals surface area contributed by atoms with Gasteiger partial charge < -0.3 is 49.3 Å². The molecule has 6 aliphatic heterocycles. The molecule has 8 aliphatic rings. The van der Waals surface area contributed by atoms with E-state index in [0.29, 0.717) is 63.9 Å². The van der Waals surface area contributed by atoms with Crippen molar-refractivity contribution in [3.8, 4) is 23.0 Å². The Balaban J connectivity index is 0.000000182. The highest BCUT2D eigenvalue weighted by Gasteiger charge is 2.38. The van der Waals surface area contributed by atoms with Gasteiger partial charge in [-0.05, 0) is 227 Å². The SMILES string of the molecule is CC1(C)CCC(CN2CCN(c3ccc(C(=O)NS(=O)(=O)c4cc5c(c([N+](=O)[O-])c4)C[C@@H](CCN4CCCCC4)CS5)c(Oc4cnc5[nH]ccc5c4)c3)CC2)=C(c2ccc(Cl)cc2)C1.CN1CCN(C[C@@H]2CNc3cc(S(=O)(=O)NC(=O)c4ccc(N5CCN(CC6=C(c7ccc(Cl)cc7)CC(C)(C)CC6)CC5)cc4Oc4cnc5[nH]ccc5c4)cc([N+](=O)[O-])c3C2)CC1. The van der Waals surface area contributed by atoms with Gasteiger partial charge in [0.25, 0.3) is 43.2 Å². The van der Waals surface area contributed by atoms with Gasteiger partial charge in [0.05, 0.1) is 48.7 Å². The van der Waals surface area contributed by atoms with Crippen LogP contribution in [0.2, 0.25) is 10.0 Å². The molecule has 0 unspecified atom stereocenters. The summed E-state index contributed by atoms with van der Waals surface area (Å²) in [6.45, 7) is 25.6. The number of halogens is 2. The fourth-order valence-electron chi connectivity index (χ4n) is 19.4. The number of sulfonamides is 2. The number of amides is 2. The first-order valence-electron chi connectivity index (χ1n) is 45.1. The number of nitro groups is 2. The molecule has 6 aromatic carbocycles. The van der Waals surface area contributed by atoms with Crippen LogP contribution in [0.4, 0.5) is 28.4 Å². The molecule has 2 atom stereocenters. The van der Waals surface area contributed by atoms with E-state index in [2.05, 4.69) is 128 Å². The number of hydrogen-bond acceptors (Lipinski definition) is 23. The van der Waals surface area contributed by atoms with E-state index in [4.69, 9.17) is 32.7 Å². The van der Waals surface area contributed by atoms with Gasteiger partial charge in [-0.25, -0.2) is 36.2 Å². The number of nitrogens with zero attached hydrogens (tertiary/aromatic N) is 11. The molecular weight excluding hydrogens is 1750 g/mol. The quantitative estimate of drug-likeness (QED) is 0.0262. The second-order valence-corrected chi connectivity index (χ2v) is 42.8. The van der Waals surface area contributed by atoms with Crippen LogP contribution in [-0.4, -0.2) is 220 Å². The van der Waals surface area contributed by atoms with Crippen molar-refractivity contribution in [1.82, 2.24) is 53.9 Å². The lowest BCUT2D eigenvalue weighted by Gasteiger charge is -2.39. The number of hydrogen-bond donors (Lipinski definition) is 5. The molecule has 4 fully saturated rings. The van der Waals surface area contributed by atoms with Gasteiger partial charge in [-0.3, -0.25) is 39.6 Å². The Hall–Kier alpha value is -10.5. The number of aromatic amines is 2. The lowest BCUT2D eigenvalue weighted by atomic mass is 9.72. The number of pyridine rings is 2. The first kappa shape index (κ1) is 91.4. The van der Waals surface area contributed by atoms with Crippen molar-refractivity contribution in [3.05, 3.63) is 233 Å². The summed E-state index contributed by atoms with van der Waals surface area (Å²) in [5.41, 5.74) is 12.5. The second kappa shape index (κ2) is 39.2. The van der Waals surface area contributed by atoms with Crippen molar-refractivity contribution < 1.29 is 45.7 Å². The minimum atomic E-state index is -4.58. The Kier molecular flexibility index (Phi) is 27.5. The number of nitro benzene ring substituents is 2. The van der Waals surface area contributed by atoms with E-state index in [0.717, 1.165) is 213 Å². The van der Waals surface area contributed by atoms with Gasteiger partial charge in [0.1, 0.15) is 34.3 Å². The summed E-state index contributed by atoms with van der Waals surface area (Å²) in [6.07, 6.45) is 18.6. The summed E-state index contributed by atoms with van der Waals surface area (Å²) < 4.78 is 73.1. The molecule has 2 amide bonds. The molecule has 5 N–H and O–H groups in total. The van der Waals surface area contributed by atoms with E-state index in [1.54, 1.807) is 61.1 Å². The maximum atomic E-state index is 14.1. The van der Waals surface area contributed by atoms with E-state index in [1.807, 2.05) is 42.5 Å². The molecule has 0 radical (unpaired) electrons. The molecular formula is C97H112Cl2N16O12S3. The molecule has 4 aromatic heterocycles. The van der Waals surface area contributed by atoms with Gasteiger partial charge >= 0.3 is 0 Å². The fourth-order valence-corrected chi connectivity index (χ4v) is 23.1. The lowest BCUT2D eigenvalue weighted by molar-refractivity contribution is -0.386. The van der Waals surface area contributed by atoms with Gasteiger partial charge in [0, 0.05) is 195 Å². The minimum Gasteiger partial charge on any atom is -0.455 e. The zero-order chi connectivity index (χ0) is 90.8. The number of likely N-dealkylation sites (N-methyl/N-ethyl adjacent to an activating group) is 1. The highest BCUT2D eigenvalue weighted by atomic mass is 35.5. The van der Waals surface area contributed by atoms with E-state index in [-0.39, 0.29) is 66.5 Å². The molecule has 10 heterocycles. The standard InChI is InChI=1S/C49H56ClN7O6S2.C48H56ClN9O6S/c1-49(2)15-12-36(43(29-49)34-6-8-37(50)9-7-34)31-55-20-22-56(23-21-55)38-10-11-41(45(26-38)63-39-25-35-13-16-51-47(35)52-30-39)48(58)53-65(61,62)40-27-44(57(59)60)42-24-33(32-64-46(42)28-40)14-19-54-17-4-3-5-18-54;1-48(2)12-10-35(42(27-48)33-4-6-36(49)7-5-33)31-56-18-20-57(21-19-56)37-8-9-40(45(24-37)64-38-23-34-11-13-50-46(34)52-29-38)47(59)53-65(62,63)39-25-43-41(44(26-39)58(60)61)22-32(28-51-43)30-55-16-14-54(3)15-17-55/h6-11,13,16,25-28,30,33H,3-5,12,14-15,17-24,29,31-32H2,1-2H3,(H,51,52)(H,53,58);4-9,11,13,23-26,29,32,51H,10,12,14-22,27-28,30-31H2,1-3H3,(H,50,52)(H,53,59)/t33-;32-/m10/s1. The number of nitrogens with one attached hydrogen (secondary N) is 5. The molecule has 684 valence electrons. The number of likely N-dealkylation sites (tertiary alicyclic amines) is 1. The maximum absolute atomic E-state index is 14.1. The smallest absolute Gasteiger partial charge is 0.276 e. The zero-order valence-electron chi connectivity index (χ0n) is 74.1. The average molecular weight is 1860 g/mol. The summed E-state index contributed by atoms with van der Waals surface area (Å²) in [6, 6.07) is 39.0. The topological polar surface area (TPSA) is 323 Å². The van der Waals surface area contributed by atoms with Gasteiger partial charge in [0.15, 0.2) is 0 Å². The Morgan fingerprint density at radius 2 is 1.02 bits per heavy atom. The highest BCUT2D eigenvalue weighted by molar-refractivity contribution is 7.99. The predicted octanol–water partition coefficient (Wildman–Crippen LogP) is 17.6. The van der Waals surface area contributed by atoms with Crippen molar-refractivity contribution in [3.63, 3.8) is 0 Å². The summed E-state index contributed by atoms with van der Waals surface area (Å²) in [5.74, 6) is 0.265. The molecule has 0 bridgehead atoms. The number of rotatable bonds is 25. The third-order valence-electron chi connectivity index (χ3n) is 27.0. The van der Waals surface area contributed by atoms with E-state index < -0.39 is 41.7 Å². The van der Waals surface area contributed by atoms with Crippen LogP contribution in [-0.2, 0) is 32.9 Å². The summed E-state index contributed by atoms with van der Waals surface area (Å²) in [5, 5.41) is 31.2. The molecule has 0 spiro atoms. The third-order valence-corrected chi connectivity index (χ3v) is 31.4. The lowest BCUT2D eigenvalue weighted by Crippen LogP contribution is -2.47. The molecule has 18 rings (SSSR count). The van der Waals surface area contributed by atoms with Crippen LogP contribution < -0.4 is 34.0 Å². The van der Waals surface area contributed by atoms with Gasteiger partial charge in [0.2, 0.25) is 0 Å². The number of H-pyrrole nitrogens is 2. The van der Waals surface area contributed by atoms with Gasteiger partial charge in [-0.2, -0.15) is 0 Å². The number of carbonyl (C=O) groups is 2. The molecule has 2 aliphatic carbocycles. The molecule has 4 saturated heterocycles. The number of anilines is 3. The number of ether oxygens (including phenoxy) is 2. The van der Waals surface area contributed by atoms with Crippen LogP contribution in [0, 0.1) is 42.9 Å². The van der Waals surface area contributed by atoms with Gasteiger partial charge in [-0.1, -0.05) is 92.7 Å². The summed E-state index contributed by atoms with van der Waals surface area (Å²) in [4.78, 5) is 83.5. The second-order valence-electron chi connectivity index (χ2n) is 37.5. The number of piperidine rings is 1. The minimum absolute atomic E-state index is 0.00889. The van der Waals surface area contributed by atoms with Crippen molar-refractivity contribution in [2.45, 2.75) is 119 Å². The van der Waals surface area contributed by atoms with Crippen molar-refractivity contribution in [2.75, 3.05) is 152 Å². The first-order chi connectivity index (χ1) is 62.4. The van der Waals surface area contributed by atoms with Crippen LogP contribution in [0.1, 0.15) is 135 Å². The fraction of sp³-hybridized carbons (Fsp3) is 0.423. The summed E-state index contributed by atoms with van der Waals surface area (Å²) >= 11 is 14.0. The Morgan fingerprint density at radius 3 is 1.51 bits per heavy atom. The van der Waals surface area contributed by atoms with Crippen molar-refractivity contribution in [1.29, 1.82) is 0 Å². The van der Waals surface area contributed by atoms with Crippen LogP contribution >= 0.6 is 35.0 Å². The van der Waals surface area contributed by atoms with E-state index >= 15 is 0 Å². The molecule has 0 saturated carbocycles. The Bertz CT molecular complexity index is 6220. The largest absolute Gasteiger partial charge is 0.455 e. The van der Waals surface area contributed by atoms with E-state index in [9.17, 15) is 46.7 Å². The van der Waals surface area contributed by atoms with Crippen molar-refractivity contribution in [2.24, 2.45) is 22.7 Å². The monoisotopic (exact) mass is 1860 g/mol. The number of benzene rings is 6. The van der Waals surface area contributed by atoms with Crippen LogP contribution in [0.25, 0.3) is 33.2 Å². The number of carbonyl (C=O) groups excluding carboxylic acids is 2. The van der Waals surface area contributed by atoms with Crippen LogP contribution in [0.3, 0.4) is 0 Å². The number of fused-ring (bicyclic) bond motifs is 4. The average Bonchev–Trinajstić information content (AvgIpc) is 1.00. The summed E-state index contributed by atoms with van der Waals surface area (Å²) in [7, 11) is -7.04. The van der Waals surface area contributed by atoms with E-state index in [1.165, 1.54) is 82.8 Å². The molecule has 130 heavy (non-hydrogen) atoms. The Labute approximate surface area is 773 Å². The van der Waals surface area contributed by atoms with Crippen LogP contribution in [0.15, 0.2) is 184 Å². The third kappa shape index (κ3) is 21.8. The van der Waals surface area contributed by atoms with Crippen molar-refractivity contribution >= 4 is 128 Å². The maximum Gasteiger partial charge on any atom is 0.276 e.